The van der Waals surface area contributed by atoms with Gasteiger partial charge < -0.3 is 4.74 Å². The van der Waals surface area contributed by atoms with Gasteiger partial charge in [-0.2, -0.15) is 0 Å². The van der Waals surface area contributed by atoms with E-state index in [0.29, 0.717) is 46.1 Å². The molecule has 4 fully saturated rings. The van der Waals surface area contributed by atoms with Gasteiger partial charge in [-0.05, 0) is 89.7 Å². The Kier molecular flexibility index (Phi) is 5.86. The molecule has 4 bridgehead atoms. The summed E-state index contributed by atoms with van der Waals surface area (Å²) >= 11 is 14.5. The number of hydrogen-bond donors (Lipinski definition) is 0. The van der Waals surface area contributed by atoms with Crippen LogP contribution in [0.3, 0.4) is 0 Å². The number of ether oxygens (including phenoxy) is 1. The molecule has 4 aliphatic heterocycles. The summed E-state index contributed by atoms with van der Waals surface area (Å²) in [6, 6.07) is 14.5. The second-order valence-electron chi connectivity index (χ2n) is 8.48. The van der Waals surface area contributed by atoms with Crippen LogP contribution in [-0.2, 0) is 4.74 Å². The standard InChI is InChI=1S/C24H22Cl2INO2/c25-21-7-1-14(10-22(21)26)9-16-12-28-18-6-8-23(28)20(19(16)11-18)13-30-24(29)15-2-4-17(27)5-3-15/h1-5,7,9-10,18-20,23H,6,8,11-13H2/b16-9+/t18-,19+,20-,23+/m0/s1. The molecule has 0 aromatic heterocycles. The summed E-state index contributed by atoms with van der Waals surface area (Å²) in [7, 11) is 0. The van der Waals surface area contributed by atoms with Gasteiger partial charge in [0.25, 0.3) is 0 Å². The van der Waals surface area contributed by atoms with Crippen LogP contribution in [-0.4, -0.2) is 36.1 Å². The van der Waals surface area contributed by atoms with E-state index in [-0.39, 0.29) is 5.97 Å². The number of piperidine rings is 3. The highest BCUT2D eigenvalue weighted by Gasteiger charge is 2.52. The van der Waals surface area contributed by atoms with Gasteiger partial charge in [-0.1, -0.05) is 40.9 Å². The van der Waals surface area contributed by atoms with Crippen molar-refractivity contribution in [3.05, 3.63) is 72.8 Å². The first-order valence-corrected chi connectivity index (χ1v) is 12.2. The number of fused-ring (bicyclic) bond motifs is 1. The van der Waals surface area contributed by atoms with E-state index in [2.05, 4.69) is 33.6 Å². The zero-order valence-corrected chi connectivity index (χ0v) is 20.0. The van der Waals surface area contributed by atoms with Crippen molar-refractivity contribution in [1.82, 2.24) is 4.90 Å². The van der Waals surface area contributed by atoms with Crippen LogP contribution in [0.5, 0.6) is 0 Å². The maximum absolute atomic E-state index is 12.6. The summed E-state index contributed by atoms with van der Waals surface area (Å²) in [5.74, 6) is 0.568. The number of esters is 1. The van der Waals surface area contributed by atoms with E-state index in [4.69, 9.17) is 27.9 Å². The minimum Gasteiger partial charge on any atom is -0.462 e. The first-order valence-electron chi connectivity index (χ1n) is 10.3. The van der Waals surface area contributed by atoms with Crippen LogP contribution in [0.15, 0.2) is 48.0 Å². The average Bonchev–Trinajstić information content (AvgIpc) is 3.06. The summed E-state index contributed by atoms with van der Waals surface area (Å²) in [6.45, 7) is 1.48. The molecule has 4 aliphatic rings. The van der Waals surface area contributed by atoms with Gasteiger partial charge >= 0.3 is 5.97 Å². The van der Waals surface area contributed by atoms with Crippen LogP contribution < -0.4 is 0 Å². The van der Waals surface area contributed by atoms with Crippen LogP contribution in [0.2, 0.25) is 10.0 Å². The maximum atomic E-state index is 12.6. The molecule has 0 amide bonds. The highest BCUT2D eigenvalue weighted by molar-refractivity contribution is 14.1. The van der Waals surface area contributed by atoms with E-state index in [1.165, 1.54) is 18.4 Å². The molecular weight excluding hydrogens is 532 g/mol. The Morgan fingerprint density at radius 2 is 1.93 bits per heavy atom. The van der Waals surface area contributed by atoms with E-state index in [0.717, 1.165) is 22.1 Å². The van der Waals surface area contributed by atoms with Gasteiger partial charge in [0.2, 0.25) is 0 Å². The number of carbonyl (C=O) groups excluding carboxylic acids is 1. The maximum Gasteiger partial charge on any atom is 0.338 e. The van der Waals surface area contributed by atoms with Crippen molar-refractivity contribution in [1.29, 1.82) is 0 Å². The lowest BCUT2D eigenvalue weighted by atomic mass is 9.71. The van der Waals surface area contributed by atoms with Gasteiger partial charge in [-0.25, -0.2) is 4.79 Å². The molecule has 156 valence electrons. The molecule has 2 aromatic rings. The number of hydrogen-bond acceptors (Lipinski definition) is 3. The molecule has 4 heterocycles. The molecule has 0 radical (unpaired) electrons. The molecule has 3 nitrogen and oxygen atoms in total. The van der Waals surface area contributed by atoms with Crippen molar-refractivity contribution in [2.24, 2.45) is 11.8 Å². The summed E-state index contributed by atoms with van der Waals surface area (Å²) in [4.78, 5) is 15.2. The smallest absolute Gasteiger partial charge is 0.338 e. The molecule has 0 saturated carbocycles. The molecule has 0 aliphatic carbocycles. The Morgan fingerprint density at radius 1 is 1.13 bits per heavy atom. The Labute approximate surface area is 200 Å². The third kappa shape index (κ3) is 3.92. The van der Waals surface area contributed by atoms with Crippen molar-refractivity contribution in [2.75, 3.05) is 13.2 Å². The molecule has 4 saturated heterocycles. The highest BCUT2D eigenvalue weighted by atomic mass is 127. The average molecular weight is 554 g/mol. The van der Waals surface area contributed by atoms with Crippen molar-refractivity contribution in [3.8, 4) is 0 Å². The molecule has 2 aromatic carbocycles. The van der Waals surface area contributed by atoms with Gasteiger partial charge in [0.15, 0.2) is 0 Å². The number of benzene rings is 2. The van der Waals surface area contributed by atoms with E-state index in [1.807, 2.05) is 42.5 Å². The number of halogens is 3. The number of rotatable bonds is 4. The Balaban J connectivity index is 1.35. The zero-order valence-electron chi connectivity index (χ0n) is 16.4. The van der Waals surface area contributed by atoms with Crippen molar-refractivity contribution >= 4 is 57.8 Å². The zero-order chi connectivity index (χ0) is 20.8. The fourth-order valence-corrected chi connectivity index (χ4v) is 6.12. The monoisotopic (exact) mass is 553 g/mol. The first-order chi connectivity index (χ1) is 14.5. The first kappa shape index (κ1) is 20.8. The lowest BCUT2D eigenvalue weighted by Gasteiger charge is -2.51. The largest absolute Gasteiger partial charge is 0.462 e. The van der Waals surface area contributed by atoms with Gasteiger partial charge in [0.05, 0.1) is 22.2 Å². The van der Waals surface area contributed by atoms with Crippen LogP contribution in [0, 0.1) is 15.4 Å². The third-order valence-electron chi connectivity index (χ3n) is 6.85. The van der Waals surface area contributed by atoms with E-state index >= 15 is 0 Å². The fraction of sp³-hybridized carbons (Fsp3) is 0.375. The predicted molar refractivity (Wildman–Crippen MR) is 129 cm³/mol. The fourth-order valence-electron chi connectivity index (χ4n) is 5.45. The topological polar surface area (TPSA) is 29.5 Å². The minimum atomic E-state index is -0.229. The molecule has 6 heteroatoms. The SMILES string of the molecule is O=C(OC[C@H]1[C@@H]2C[C@@H]3CC[C@H]1N3C/C2=C\c1ccc(Cl)c(Cl)c1)c1ccc(I)cc1. The minimum absolute atomic E-state index is 0.229. The highest BCUT2D eigenvalue weighted by Crippen LogP contribution is 2.50. The molecule has 30 heavy (non-hydrogen) atoms. The Bertz CT molecular complexity index is 1010. The molecule has 0 N–H and O–H groups in total. The van der Waals surface area contributed by atoms with Gasteiger partial charge in [0, 0.05) is 28.1 Å². The molecule has 0 spiro atoms. The summed E-state index contributed by atoms with van der Waals surface area (Å²) < 4.78 is 6.92. The van der Waals surface area contributed by atoms with E-state index in [1.54, 1.807) is 0 Å². The quantitative estimate of drug-likeness (QED) is 0.328. The Morgan fingerprint density at radius 3 is 2.70 bits per heavy atom. The van der Waals surface area contributed by atoms with Crippen LogP contribution >= 0.6 is 45.8 Å². The lowest BCUT2D eigenvalue weighted by molar-refractivity contribution is -0.0150. The van der Waals surface area contributed by atoms with E-state index < -0.39 is 0 Å². The van der Waals surface area contributed by atoms with E-state index in [9.17, 15) is 4.79 Å². The normalized spacial score (nSPS) is 30.6. The summed E-state index contributed by atoms with van der Waals surface area (Å²) in [5, 5.41) is 1.15. The van der Waals surface area contributed by atoms with Crippen LogP contribution in [0.1, 0.15) is 35.2 Å². The number of nitrogens with zero attached hydrogens (tertiary/aromatic N) is 1. The van der Waals surface area contributed by atoms with Gasteiger partial charge in [-0.15, -0.1) is 0 Å². The lowest BCUT2D eigenvalue weighted by Crippen LogP contribution is -2.57. The second-order valence-corrected chi connectivity index (χ2v) is 10.5. The third-order valence-corrected chi connectivity index (χ3v) is 8.31. The van der Waals surface area contributed by atoms with Crippen molar-refractivity contribution < 1.29 is 9.53 Å². The van der Waals surface area contributed by atoms with Crippen molar-refractivity contribution in [2.45, 2.75) is 31.3 Å². The van der Waals surface area contributed by atoms with Crippen LogP contribution in [0.25, 0.3) is 6.08 Å². The van der Waals surface area contributed by atoms with Crippen molar-refractivity contribution in [3.63, 3.8) is 0 Å². The molecule has 5 atom stereocenters. The van der Waals surface area contributed by atoms with Gasteiger partial charge in [-0.3, -0.25) is 4.90 Å². The number of carbonyl (C=O) groups is 1. The predicted octanol–water partition coefficient (Wildman–Crippen LogP) is 6.32. The second kappa shape index (κ2) is 8.45. The molecule has 1 unspecified atom stereocenters. The van der Waals surface area contributed by atoms with Crippen LogP contribution in [0.4, 0.5) is 0 Å². The Hall–Kier alpha value is -1.08. The summed E-state index contributed by atoms with van der Waals surface area (Å²) in [6.07, 6.45) is 5.86. The molecule has 6 rings (SSSR count). The van der Waals surface area contributed by atoms with Gasteiger partial charge in [0.1, 0.15) is 0 Å². The molecular formula is C24H22Cl2INO2. The summed E-state index contributed by atoms with van der Waals surface area (Å²) in [5.41, 5.74) is 3.11.